The maximum absolute atomic E-state index is 10.3. The van der Waals surface area contributed by atoms with E-state index in [1.165, 1.54) is 6.08 Å². The van der Waals surface area contributed by atoms with E-state index in [-0.39, 0.29) is 5.92 Å². The fraction of sp³-hybridized carbons (Fsp3) is 0.333. The maximum Gasteiger partial charge on any atom is 0.332 e. The Morgan fingerprint density at radius 3 is 2.85 bits per heavy atom. The molecule has 0 aromatic carbocycles. The summed E-state index contributed by atoms with van der Waals surface area (Å²) in [6, 6.07) is -0.678. The van der Waals surface area contributed by atoms with Gasteiger partial charge in [0.1, 0.15) is 0 Å². The summed E-state index contributed by atoms with van der Waals surface area (Å²) in [5, 5.41) is 3.73. The first-order valence-electron chi connectivity index (χ1n) is 3.79. The lowest BCUT2D eigenvalue weighted by Crippen LogP contribution is -2.26. The fourth-order valence-electron chi connectivity index (χ4n) is 0.528. The molecule has 0 saturated carbocycles. The third-order valence-corrected chi connectivity index (χ3v) is 1.37. The van der Waals surface area contributed by atoms with Crippen molar-refractivity contribution in [1.29, 1.82) is 0 Å². The number of primary amides is 1. The summed E-state index contributed by atoms with van der Waals surface area (Å²) in [5.74, 6) is 5.55. The Morgan fingerprint density at radius 2 is 2.38 bits per heavy atom. The second kappa shape index (κ2) is 5.84. The number of hydrazone groups is 1. The quantitative estimate of drug-likeness (QED) is 0.368. The molecule has 70 valence electrons. The van der Waals surface area contributed by atoms with Gasteiger partial charge < -0.3 is 5.73 Å². The van der Waals surface area contributed by atoms with Crippen molar-refractivity contribution < 1.29 is 4.79 Å². The molecule has 4 nitrogen and oxygen atoms in total. The summed E-state index contributed by atoms with van der Waals surface area (Å²) in [6.07, 6.45) is 1.51. The minimum Gasteiger partial charge on any atom is -0.350 e. The van der Waals surface area contributed by atoms with Crippen LogP contribution in [0.1, 0.15) is 13.8 Å². The molecular weight excluding hydrogens is 166 g/mol. The number of carbonyl (C=O) groups excluding carboxylic acids is 1. The van der Waals surface area contributed by atoms with Crippen LogP contribution in [0.25, 0.3) is 0 Å². The fourth-order valence-corrected chi connectivity index (χ4v) is 0.528. The molecule has 0 bridgehead atoms. The zero-order valence-electron chi connectivity index (χ0n) is 7.79. The smallest absolute Gasteiger partial charge is 0.332 e. The summed E-state index contributed by atoms with van der Waals surface area (Å²) in [6.45, 7) is 7.10. The standard InChI is InChI=1S/C9H13N3O/c1-4-5-6-7(2)8(3)11-12-9(10)13/h4,7H,1H2,2-3H3,(H3,10,12,13)/b11-8+. The highest BCUT2D eigenvalue weighted by Gasteiger charge is 2.00. The third kappa shape index (κ3) is 5.50. The van der Waals surface area contributed by atoms with E-state index < -0.39 is 6.03 Å². The Hall–Kier alpha value is -1.76. The Labute approximate surface area is 77.9 Å². The van der Waals surface area contributed by atoms with Crippen LogP contribution >= 0.6 is 0 Å². The van der Waals surface area contributed by atoms with Gasteiger partial charge in [-0.15, -0.1) is 0 Å². The first kappa shape index (κ1) is 11.2. The van der Waals surface area contributed by atoms with Crippen LogP contribution in [0.3, 0.4) is 0 Å². The van der Waals surface area contributed by atoms with E-state index in [0.717, 1.165) is 0 Å². The second-order valence-corrected chi connectivity index (χ2v) is 2.44. The molecule has 2 amide bonds. The zero-order chi connectivity index (χ0) is 10.3. The summed E-state index contributed by atoms with van der Waals surface area (Å²) in [5.41, 5.74) is 7.67. The number of hydrogen-bond donors (Lipinski definition) is 2. The van der Waals surface area contributed by atoms with E-state index in [9.17, 15) is 4.79 Å². The van der Waals surface area contributed by atoms with Crippen LogP contribution in [0.2, 0.25) is 0 Å². The second-order valence-electron chi connectivity index (χ2n) is 2.44. The highest BCUT2D eigenvalue weighted by atomic mass is 16.2. The first-order chi connectivity index (χ1) is 6.07. The summed E-state index contributed by atoms with van der Waals surface area (Å²) < 4.78 is 0. The maximum atomic E-state index is 10.3. The molecule has 0 aromatic heterocycles. The third-order valence-electron chi connectivity index (χ3n) is 1.37. The molecule has 1 atom stereocenters. The van der Waals surface area contributed by atoms with Gasteiger partial charge in [-0.25, -0.2) is 10.2 Å². The molecule has 0 aliphatic carbocycles. The van der Waals surface area contributed by atoms with E-state index in [1.807, 2.05) is 6.92 Å². The normalized spacial score (nSPS) is 12.3. The van der Waals surface area contributed by atoms with E-state index in [1.54, 1.807) is 6.92 Å². The van der Waals surface area contributed by atoms with Crippen LogP contribution in [0.4, 0.5) is 4.79 Å². The minimum atomic E-state index is -0.678. The molecule has 0 heterocycles. The van der Waals surface area contributed by atoms with Crippen molar-refractivity contribution >= 4 is 11.7 Å². The monoisotopic (exact) mass is 179 g/mol. The minimum absolute atomic E-state index is 0.0233. The van der Waals surface area contributed by atoms with Crippen LogP contribution in [-0.4, -0.2) is 11.7 Å². The van der Waals surface area contributed by atoms with Gasteiger partial charge in [0.15, 0.2) is 0 Å². The highest BCUT2D eigenvalue weighted by Crippen LogP contribution is 1.95. The number of carbonyl (C=O) groups is 1. The summed E-state index contributed by atoms with van der Waals surface area (Å²) >= 11 is 0. The van der Waals surface area contributed by atoms with Crippen molar-refractivity contribution in [2.75, 3.05) is 0 Å². The average Bonchev–Trinajstić information content (AvgIpc) is 2.10. The van der Waals surface area contributed by atoms with Gasteiger partial charge in [-0.3, -0.25) is 0 Å². The van der Waals surface area contributed by atoms with Gasteiger partial charge in [0.25, 0.3) is 0 Å². The van der Waals surface area contributed by atoms with Crippen molar-refractivity contribution in [3.8, 4) is 11.8 Å². The predicted octanol–water partition coefficient (Wildman–Crippen LogP) is 0.856. The van der Waals surface area contributed by atoms with Crippen LogP contribution in [0.15, 0.2) is 17.8 Å². The molecule has 0 rings (SSSR count). The van der Waals surface area contributed by atoms with Crippen molar-refractivity contribution in [3.63, 3.8) is 0 Å². The van der Waals surface area contributed by atoms with Crippen molar-refractivity contribution in [2.24, 2.45) is 16.8 Å². The summed E-state index contributed by atoms with van der Waals surface area (Å²) in [4.78, 5) is 10.3. The molecule has 0 aliphatic heterocycles. The topological polar surface area (TPSA) is 67.5 Å². The van der Waals surface area contributed by atoms with Gasteiger partial charge in [-0.05, 0) is 19.9 Å². The Morgan fingerprint density at radius 1 is 1.77 bits per heavy atom. The van der Waals surface area contributed by atoms with Gasteiger partial charge >= 0.3 is 6.03 Å². The molecule has 3 N–H and O–H groups in total. The Balaban J connectivity index is 4.23. The number of allylic oxidation sites excluding steroid dienone is 1. The number of rotatable bonds is 2. The number of amides is 2. The Kier molecular flexibility index (Phi) is 5.05. The number of urea groups is 1. The molecule has 0 aromatic rings. The van der Waals surface area contributed by atoms with E-state index in [0.29, 0.717) is 5.71 Å². The van der Waals surface area contributed by atoms with Crippen molar-refractivity contribution in [2.45, 2.75) is 13.8 Å². The van der Waals surface area contributed by atoms with Crippen LogP contribution < -0.4 is 11.2 Å². The summed E-state index contributed by atoms with van der Waals surface area (Å²) in [7, 11) is 0. The average molecular weight is 179 g/mol. The van der Waals surface area contributed by atoms with Gasteiger partial charge in [-0.2, -0.15) is 5.10 Å². The highest BCUT2D eigenvalue weighted by molar-refractivity contribution is 5.87. The number of nitrogens with one attached hydrogen (secondary N) is 1. The molecule has 0 aliphatic rings. The first-order valence-corrected chi connectivity index (χ1v) is 3.79. The lowest BCUT2D eigenvalue weighted by molar-refractivity contribution is 0.249. The van der Waals surface area contributed by atoms with Gasteiger partial charge in [-0.1, -0.05) is 18.4 Å². The lowest BCUT2D eigenvalue weighted by atomic mass is 10.1. The number of nitrogens with two attached hydrogens (primary N) is 1. The largest absolute Gasteiger partial charge is 0.350 e. The SMILES string of the molecule is C=CC#CC(C)/C(C)=N/NC(N)=O. The van der Waals surface area contributed by atoms with Crippen LogP contribution in [0, 0.1) is 17.8 Å². The molecule has 13 heavy (non-hydrogen) atoms. The molecule has 1 unspecified atom stereocenters. The molecule has 4 heteroatoms. The van der Waals surface area contributed by atoms with Crippen molar-refractivity contribution in [1.82, 2.24) is 5.43 Å². The van der Waals surface area contributed by atoms with Gasteiger partial charge in [0.05, 0.1) is 11.6 Å². The zero-order valence-corrected chi connectivity index (χ0v) is 7.79. The molecular formula is C9H13N3O. The predicted molar refractivity (Wildman–Crippen MR) is 53.0 cm³/mol. The Bertz CT molecular complexity index is 283. The van der Waals surface area contributed by atoms with Gasteiger partial charge in [0, 0.05) is 0 Å². The molecule has 0 radical (unpaired) electrons. The van der Waals surface area contributed by atoms with Gasteiger partial charge in [0.2, 0.25) is 0 Å². The molecule has 0 saturated heterocycles. The van der Waals surface area contributed by atoms with E-state index in [4.69, 9.17) is 5.73 Å². The number of hydrogen-bond acceptors (Lipinski definition) is 2. The van der Waals surface area contributed by atoms with Crippen LogP contribution in [0.5, 0.6) is 0 Å². The van der Waals surface area contributed by atoms with Crippen molar-refractivity contribution in [3.05, 3.63) is 12.7 Å². The lowest BCUT2D eigenvalue weighted by Gasteiger charge is -2.02. The van der Waals surface area contributed by atoms with E-state index >= 15 is 0 Å². The van der Waals surface area contributed by atoms with Crippen LogP contribution in [-0.2, 0) is 0 Å². The number of nitrogens with zero attached hydrogens (tertiary/aromatic N) is 1. The molecule has 0 fully saturated rings. The molecule has 0 spiro atoms. The van der Waals surface area contributed by atoms with E-state index in [2.05, 4.69) is 28.9 Å².